The number of carbonyl (C=O) groups is 1. The molecule has 4 rings (SSSR count). The monoisotopic (exact) mass is 352 g/mol. The van der Waals surface area contributed by atoms with Crippen molar-refractivity contribution in [3.05, 3.63) is 53.6 Å². The van der Waals surface area contributed by atoms with Gasteiger partial charge in [0, 0.05) is 18.3 Å². The summed E-state index contributed by atoms with van der Waals surface area (Å²) in [4.78, 5) is 19.6. The van der Waals surface area contributed by atoms with E-state index in [1.807, 2.05) is 11.8 Å². The fourth-order valence-corrected chi connectivity index (χ4v) is 3.66. The van der Waals surface area contributed by atoms with Gasteiger partial charge in [-0.05, 0) is 51.3 Å². The number of piperidine rings is 1. The molecule has 134 valence electrons. The molecule has 1 aliphatic rings. The van der Waals surface area contributed by atoms with Crippen molar-refractivity contribution in [1.82, 2.24) is 19.7 Å². The van der Waals surface area contributed by atoms with Crippen molar-refractivity contribution in [2.45, 2.75) is 39.2 Å². The molecule has 0 radical (unpaired) electrons. The summed E-state index contributed by atoms with van der Waals surface area (Å²) in [6, 6.07) is 8.46. The molecule has 2 aromatic heterocycles. The van der Waals surface area contributed by atoms with Crippen LogP contribution >= 0.6 is 0 Å². The summed E-state index contributed by atoms with van der Waals surface area (Å²) in [5.74, 6) is -0.376. The molecule has 5 nitrogen and oxygen atoms in total. The average Bonchev–Trinajstić information content (AvgIpc) is 3.05. The second-order valence-corrected chi connectivity index (χ2v) is 6.90. The van der Waals surface area contributed by atoms with Crippen LogP contribution in [0.2, 0.25) is 0 Å². The molecule has 6 heteroatoms. The van der Waals surface area contributed by atoms with Gasteiger partial charge in [-0.25, -0.2) is 14.1 Å². The van der Waals surface area contributed by atoms with Crippen LogP contribution in [0.1, 0.15) is 42.2 Å². The molecule has 3 aromatic rings. The number of nitrogens with zero attached hydrogens (tertiary/aromatic N) is 4. The standard InChI is InChI=1S/C20H21FN4O/c1-13-11-15(20(26)24-10-6-5-7-14(24)2)16-12-22-25(19(16)23-13)18-9-4-3-8-17(18)21/h3-4,8-9,11-12,14H,5-7,10H2,1-2H3/t14-/m1/s1. The van der Waals surface area contributed by atoms with Gasteiger partial charge in [-0.3, -0.25) is 4.79 Å². The van der Waals surface area contributed by atoms with Crippen LogP contribution in [0.15, 0.2) is 36.5 Å². The van der Waals surface area contributed by atoms with Gasteiger partial charge in [-0.2, -0.15) is 5.10 Å². The number of hydrogen-bond donors (Lipinski definition) is 0. The molecule has 1 amide bonds. The molecule has 3 heterocycles. The zero-order chi connectivity index (χ0) is 18.3. The van der Waals surface area contributed by atoms with Crippen LogP contribution < -0.4 is 0 Å². The zero-order valence-corrected chi connectivity index (χ0v) is 14.9. The van der Waals surface area contributed by atoms with E-state index >= 15 is 0 Å². The van der Waals surface area contributed by atoms with Crippen molar-refractivity contribution < 1.29 is 9.18 Å². The fraction of sp³-hybridized carbons (Fsp3) is 0.350. The van der Waals surface area contributed by atoms with Crippen LogP contribution in [0.4, 0.5) is 4.39 Å². The number of hydrogen-bond acceptors (Lipinski definition) is 3. The number of pyridine rings is 1. The van der Waals surface area contributed by atoms with Crippen molar-refractivity contribution in [3.8, 4) is 5.69 Å². The first-order valence-corrected chi connectivity index (χ1v) is 8.97. The first kappa shape index (κ1) is 16.7. The van der Waals surface area contributed by atoms with E-state index in [-0.39, 0.29) is 17.8 Å². The smallest absolute Gasteiger partial charge is 0.254 e. The topological polar surface area (TPSA) is 51.0 Å². The lowest BCUT2D eigenvalue weighted by Crippen LogP contribution is -2.42. The lowest BCUT2D eigenvalue weighted by atomic mass is 10.0. The molecule has 0 bridgehead atoms. The van der Waals surface area contributed by atoms with E-state index in [1.165, 1.54) is 10.7 Å². The predicted octanol–water partition coefficient (Wildman–Crippen LogP) is 3.88. The van der Waals surface area contributed by atoms with Crippen LogP contribution in [0.3, 0.4) is 0 Å². The maximum absolute atomic E-state index is 14.2. The van der Waals surface area contributed by atoms with Gasteiger partial charge in [0.2, 0.25) is 0 Å². The van der Waals surface area contributed by atoms with Gasteiger partial charge in [0.15, 0.2) is 5.65 Å². The summed E-state index contributed by atoms with van der Waals surface area (Å²) < 4.78 is 15.7. The van der Waals surface area contributed by atoms with Crippen LogP contribution in [0, 0.1) is 12.7 Å². The van der Waals surface area contributed by atoms with Crippen LogP contribution in [-0.4, -0.2) is 38.2 Å². The Morgan fingerprint density at radius 1 is 1.27 bits per heavy atom. The maximum atomic E-state index is 14.2. The molecule has 1 aromatic carbocycles. The second-order valence-electron chi connectivity index (χ2n) is 6.90. The molecule has 1 atom stereocenters. The lowest BCUT2D eigenvalue weighted by molar-refractivity contribution is 0.0637. The molecule has 1 aliphatic heterocycles. The molecule has 0 aliphatic carbocycles. The third-order valence-electron chi connectivity index (χ3n) is 5.04. The number of likely N-dealkylation sites (tertiary alicyclic amines) is 1. The third kappa shape index (κ3) is 2.75. The van der Waals surface area contributed by atoms with Gasteiger partial charge >= 0.3 is 0 Å². The van der Waals surface area contributed by atoms with Gasteiger partial charge in [0.05, 0.1) is 17.1 Å². The summed E-state index contributed by atoms with van der Waals surface area (Å²) in [7, 11) is 0. The fourth-order valence-electron chi connectivity index (χ4n) is 3.66. The largest absolute Gasteiger partial charge is 0.336 e. The molecule has 26 heavy (non-hydrogen) atoms. The minimum Gasteiger partial charge on any atom is -0.336 e. The minimum atomic E-state index is -0.377. The van der Waals surface area contributed by atoms with Crippen molar-refractivity contribution >= 4 is 16.9 Å². The number of rotatable bonds is 2. The van der Waals surface area contributed by atoms with E-state index in [0.717, 1.165) is 25.8 Å². The summed E-state index contributed by atoms with van der Waals surface area (Å²) in [6.45, 7) is 4.70. The van der Waals surface area contributed by atoms with Crippen LogP contribution in [-0.2, 0) is 0 Å². The first-order chi connectivity index (χ1) is 12.6. The van der Waals surface area contributed by atoms with Crippen LogP contribution in [0.5, 0.6) is 0 Å². The van der Waals surface area contributed by atoms with Crippen LogP contribution in [0.25, 0.3) is 16.7 Å². The summed E-state index contributed by atoms with van der Waals surface area (Å²) >= 11 is 0. The summed E-state index contributed by atoms with van der Waals surface area (Å²) in [5, 5.41) is 4.97. The minimum absolute atomic E-state index is 0.000726. The zero-order valence-electron chi connectivity index (χ0n) is 14.9. The van der Waals surface area contributed by atoms with Gasteiger partial charge in [0.25, 0.3) is 5.91 Å². The Hall–Kier alpha value is -2.76. The molecular formula is C20H21FN4O. The molecular weight excluding hydrogens is 331 g/mol. The highest BCUT2D eigenvalue weighted by atomic mass is 19.1. The Labute approximate surface area is 151 Å². The van der Waals surface area contributed by atoms with Crippen molar-refractivity contribution in [2.24, 2.45) is 0 Å². The number of fused-ring (bicyclic) bond motifs is 1. The van der Waals surface area contributed by atoms with Gasteiger partial charge in [-0.15, -0.1) is 0 Å². The van der Waals surface area contributed by atoms with Crippen molar-refractivity contribution in [1.29, 1.82) is 0 Å². The number of benzene rings is 1. The molecule has 0 saturated carbocycles. The van der Waals surface area contributed by atoms with E-state index in [0.29, 0.717) is 28.0 Å². The number of halogens is 1. The highest BCUT2D eigenvalue weighted by Crippen LogP contribution is 2.26. The quantitative estimate of drug-likeness (QED) is 0.703. The number of para-hydroxylation sites is 1. The molecule has 0 N–H and O–H groups in total. The van der Waals surface area contributed by atoms with Crippen molar-refractivity contribution in [3.63, 3.8) is 0 Å². The Balaban J connectivity index is 1.85. The molecule has 0 spiro atoms. The summed E-state index contributed by atoms with van der Waals surface area (Å²) in [6.07, 6.45) is 4.81. The highest BCUT2D eigenvalue weighted by Gasteiger charge is 2.27. The van der Waals surface area contributed by atoms with E-state index in [1.54, 1.807) is 30.5 Å². The Morgan fingerprint density at radius 2 is 2.08 bits per heavy atom. The first-order valence-electron chi connectivity index (χ1n) is 8.97. The molecule has 1 fully saturated rings. The Morgan fingerprint density at radius 3 is 2.85 bits per heavy atom. The van der Waals surface area contributed by atoms with E-state index in [4.69, 9.17) is 0 Å². The average molecular weight is 352 g/mol. The Kier molecular flexibility index (Phi) is 4.18. The van der Waals surface area contributed by atoms with Crippen molar-refractivity contribution in [2.75, 3.05) is 6.54 Å². The van der Waals surface area contributed by atoms with Gasteiger partial charge in [-0.1, -0.05) is 12.1 Å². The number of aryl methyl sites for hydroxylation is 1. The van der Waals surface area contributed by atoms with Gasteiger partial charge in [0.1, 0.15) is 11.5 Å². The predicted molar refractivity (Wildman–Crippen MR) is 97.9 cm³/mol. The third-order valence-corrected chi connectivity index (χ3v) is 5.04. The van der Waals surface area contributed by atoms with E-state index in [2.05, 4.69) is 17.0 Å². The lowest BCUT2D eigenvalue weighted by Gasteiger charge is -2.33. The molecule has 1 saturated heterocycles. The van der Waals surface area contributed by atoms with E-state index < -0.39 is 0 Å². The SMILES string of the molecule is Cc1cc(C(=O)N2CCCC[C@H]2C)c2cnn(-c3ccccc3F)c2n1. The number of carbonyl (C=O) groups excluding carboxylic acids is 1. The molecule has 0 unspecified atom stereocenters. The maximum Gasteiger partial charge on any atom is 0.254 e. The number of amides is 1. The van der Waals surface area contributed by atoms with Gasteiger partial charge < -0.3 is 4.90 Å². The van der Waals surface area contributed by atoms with E-state index in [9.17, 15) is 9.18 Å². The normalized spacial score (nSPS) is 17.7. The Bertz CT molecular complexity index is 981. The highest BCUT2D eigenvalue weighted by molar-refractivity contribution is 6.05. The second kappa shape index (κ2) is 6.52. The summed E-state index contributed by atoms with van der Waals surface area (Å²) in [5.41, 5.74) is 2.13. The number of aromatic nitrogens is 3.